The van der Waals surface area contributed by atoms with Crippen LogP contribution < -0.4 is 0 Å². The van der Waals surface area contributed by atoms with E-state index in [0.29, 0.717) is 0 Å². The number of halogens is 1. The lowest BCUT2D eigenvalue weighted by molar-refractivity contribution is 1.13. The summed E-state index contributed by atoms with van der Waals surface area (Å²) in [5, 5.41) is 0. The zero-order valence-electron chi connectivity index (χ0n) is 4.39. The number of hydrogen-bond donors (Lipinski definition) is 0. The second kappa shape index (κ2) is 1.99. The number of allylic oxidation sites excluding steroid dienone is 2. The van der Waals surface area contributed by atoms with Gasteiger partial charge in [0.05, 0.1) is 0 Å². The fourth-order valence-corrected chi connectivity index (χ4v) is 1.24. The van der Waals surface area contributed by atoms with Gasteiger partial charge in [-0.3, -0.25) is 0 Å². The molecule has 0 aromatic carbocycles. The Kier molecular flexibility index (Phi) is 1.53. The zero-order valence-corrected chi connectivity index (χ0v) is 5.98. The molecular weight excluding hydrogens is 152 g/mol. The summed E-state index contributed by atoms with van der Waals surface area (Å²) in [7, 11) is 0. The molecule has 0 heterocycles. The van der Waals surface area contributed by atoms with Gasteiger partial charge in [-0.1, -0.05) is 28.1 Å². The van der Waals surface area contributed by atoms with Crippen LogP contribution in [-0.2, 0) is 0 Å². The van der Waals surface area contributed by atoms with Crippen LogP contribution in [0.3, 0.4) is 0 Å². The predicted octanol–water partition coefficient (Wildman–Crippen LogP) is 2.35. The third-order valence-electron chi connectivity index (χ3n) is 1.20. The molecule has 7 heavy (non-hydrogen) atoms. The molecule has 40 valence electrons. The largest absolute Gasteiger partial charge is 0.0913 e. The van der Waals surface area contributed by atoms with Crippen molar-refractivity contribution in [3.05, 3.63) is 12.2 Å². The second-order valence-corrected chi connectivity index (χ2v) is 3.12. The molecule has 1 heteroatoms. The molecule has 1 aliphatic carbocycles. The molecule has 0 bridgehead atoms. The van der Waals surface area contributed by atoms with E-state index in [4.69, 9.17) is 0 Å². The number of rotatable bonds is 1. The highest BCUT2D eigenvalue weighted by molar-refractivity contribution is 9.09. The third-order valence-corrected chi connectivity index (χ3v) is 2.25. The van der Waals surface area contributed by atoms with Crippen molar-refractivity contribution >= 4 is 15.9 Å². The molecule has 1 rings (SSSR count). The highest BCUT2D eigenvalue weighted by Gasteiger charge is 2.31. The van der Waals surface area contributed by atoms with Crippen molar-refractivity contribution in [2.24, 2.45) is 5.92 Å². The van der Waals surface area contributed by atoms with E-state index >= 15 is 0 Å². The van der Waals surface area contributed by atoms with E-state index in [-0.39, 0.29) is 0 Å². The van der Waals surface area contributed by atoms with E-state index in [1.807, 2.05) is 0 Å². The van der Waals surface area contributed by atoms with E-state index in [1.165, 1.54) is 6.42 Å². The van der Waals surface area contributed by atoms with Gasteiger partial charge in [-0.25, -0.2) is 0 Å². The van der Waals surface area contributed by atoms with Crippen LogP contribution in [0.25, 0.3) is 0 Å². The molecule has 0 amide bonds. The van der Waals surface area contributed by atoms with Crippen LogP contribution in [0.4, 0.5) is 0 Å². The first-order valence-corrected chi connectivity index (χ1v) is 3.53. The molecule has 0 spiro atoms. The standard InChI is InChI=1S/C6H9Br/c1-2-3-5-4-6(5)7/h2-3,5-6H,4H2,1H3/t5-,6-/m1/s1. The molecule has 1 saturated carbocycles. The van der Waals surface area contributed by atoms with Crippen molar-refractivity contribution in [1.82, 2.24) is 0 Å². The smallest absolute Gasteiger partial charge is 0.0214 e. The summed E-state index contributed by atoms with van der Waals surface area (Å²) in [6.07, 6.45) is 5.70. The van der Waals surface area contributed by atoms with E-state index < -0.39 is 0 Å². The van der Waals surface area contributed by atoms with E-state index in [9.17, 15) is 0 Å². The van der Waals surface area contributed by atoms with E-state index in [2.05, 4.69) is 35.0 Å². The fourth-order valence-electron chi connectivity index (χ4n) is 0.628. The maximum absolute atomic E-state index is 3.50. The number of hydrogen-bond acceptors (Lipinski definition) is 0. The van der Waals surface area contributed by atoms with Crippen LogP contribution in [0.1, 0.15) is 13.3 Å². The topological polar surface area (TPSA) is 0 Å². The molecule has 0 saturated heterocycles. The maximum atomic E-state index is 3.50. The highest BCUT2D eigenvalue weighted by Crippen LogP contribution is 2.38. The Bertz CT molecular complexity index is 86.2. The molecule has 0 radical (unpaired) electrons. The van der Waals surface area contributed by atoms with Gasteiger partial charge in [-0.15, -0.1) is 0 Å². The minimum Gasteiger partial charge on any atom is -0.0913 e. The lowest BCUT2D eigenvalue weighted by Gasteiger charge is -1.74. The van der Waals surface area contributed by atoms with Gasteiger partial charge in [0.25, 0.3) is 0 Å². The van der Waals surface area contributed by atoms with Crippen LogP contribution in [-0.4, -0.2) is 4.83 Å². The summed E-state index contributed by atoms with van der Waals surface area (Å²) < 4.78 is 0. The zero-order chi connectivity index (χ0) is 5.28. The van der Waals surface area contributed by atoms with Crippen LogP contribution in [0.2, 0.25) is 0 Å². The second-order valence-electron chi connectivity index (χ2n) is 1.94. The highest BCUT2D eigenvalue weighted by atomic mass is 79.9. The summed E-state index contributed by atoms with van der Waals surface area (Å²) in [6, 6.07) is 0. The quantitative estimate of drug-likeness (QED) is 0.409. The molecule has 0 aromatic heterocycles. The van der Waals surface area contributed by atoms with Crippen molar-refractivity contribution in [3.8, 4) is 0 Å². The lowest BCUT2D eigenvalue weighted by atomic mass is 10.4. The summed E-state index contributed by atoms with van der Waals surface area (Å²) >= 11 is 3.50. The average molecular weight is 161 g/mol. The minimum atomic E-state index is 0.795. The normalized spacial score (nSPS) is 39.7. The summed E-state index contributed by atoms with van der Waals surface area (Å²) in [5.74, 6) is 0.852. The van der Waals surface area contributed by atoms with E-state index in [1.54, 1.807) is 0 Å². The number of alkyl halides is 1. The first-order chi connectivity index (χ1) is 3.34. The molecule has 0 unspecified atom stereocenters. The monoisotopic (exact) mass is 160 g/mol. The van der Waals surface area contributed by atoms with Gasteiger partial charge in [0, 0.05) is 4.83 Å². The molecular formula is C6H9Br. The molecule has 2 atom stereocenters. The van der Waals surface area contributed by atoms with Gasteiger partial charge in [0.2, 0.25) is 0 Å². The Morgan fingerprint density at radius 3 is 2.43 bits per heavy atom. The van der Waals surface area contributed by atoms with Gasteiger partial charge >= 0.3 is 0 Å². The maximum Gasteiger partial charge on any atom is 0.0214 e. The summed E-state index contributed by atoms with van der Waals surface area (Å²) in [6.45, 7) is 2.07. The molecule has 0 N–H and O–H groups in total. The Morgan fingerprint density at radius 2 is 2.29 bits per heavy atom. The lowest BCUT2D eigenvalue weighted by Crippen LogP contribution is -1.66. The van der Waals surface area contributed by atoms with Crippen molar-refractivity contribution < 1.29 is 0 Å². The Morgan fingerprint density at radius 1 is 1.71 bits per heavy atom. The van der Waals surface area contributed by atoms with Crippen LogP contribution >= 0.6 is 15.9 Å². The van der Waals surface area contributed by atoms with Crippen LogP contribution in [0.15, 0.2) is 12.2 Å². The van der Waals surface area contributed by atoms with Gasteiger partial charge in [0.1, 0.15) is 0 Å². The minimum absolute atomic E-state index is 0.795. The summed E-state index contributed by atoms with van der Waals surface area (Å²) in [4.78, 5) is 0.795. The Hall–Kier alpha value is 0.220. The van der Waals surface area contributed by atoms with Crippen molar-refractivity contribution in [1.29, 1.82) is 0 Å². The Balaban J connectivity index is 2.21. The molecule has 0 aromatic rings. The third kappa shape index (κ3) is 1.30. The first-order valence-electron chi connectivity index (χ1n) is 2.61. The fraction of sp³-hybridized carbons (Fsp3) is 0.667. The van der Waals surface area contributed by atoms with Gasteiger partial charge in [-0.05, 0) is 19.3 Å². The predicted molar refractivity (Wildman–Crippen MR) is 35.6 cm³/mol. The first kappa shape index (κ1) is 5.36. The molecule has 0 aliphatic heterocycles. The van der Waals surface area contributed by atoms with Crippen LogP contribution in [0, 0.1) is 5.92 Å². The average Bonchev–Trinajstić information content (AvgIpc) is 2.22. The van der Waals surface area contributed by atoms with Gasteiger partial charge < -0.3 is 0 Å². The SMILES string of the molecule is CC=C[C@@H]1C[C@H]1Br. The van der Waals surface area contributed by atoms with Gasteiger partial charge in [0.15, 0.2) is 0 Å². The molecule has 1 fully saturated rings. The summed E-state index contributed by atoms with van der Waals surface area (Å²) in [5.41, 5.74) is 0. The van der Waals surface area contributed by atoms with Crippen LogP contribution in [0.5, 0.6) is 0 Å². The molecule has 1 aliphatic rings. The van der Waals surface area contributed by atoms with Crippen molar-refractivity contribution in [3.63, 3.8) is 0 Å². The van der Waals surface area contributed by atoms with E-state index in [0.717, 1.165) is 10.7 Å². The van der Waals surface area contributed by atoms with Crippen molar-refractivity contribution in [2.45, 2.75) is 18.2 Å². The van der Waals surface area contributed by atoms with Gasteiger partial charge in [-0.2, -0.15) is 0 Å². The Labute approximate surface area is 52.7 Å². The van der Waals surface area contributed by atoms with Crippen molar-refractivity contribution in [2.75, 3.05) is 0 Å². The molecule has 0 nitrogen and oxygen atoms in total.